The van der Waals surface area contributed by atoms with Crippen molar-refractivity contribution in [1.29, 1.82) is 0 Å². The van der Waals surface area contributed by atoms with Gasteiger partial charge in [0, 0.05) is 23.4 Å². The monoisotopic (exact) mass is 417 g/mol. The van der Waals surface area contributed by atoms with Crippen LogP contribution < -0.4 is 4.74 Å². The Hall–Kier alpha value is -3.24. The molecular weight excluding hydrogens is 389 g/mol. The number of aliphatic hydroxyl groups is 1. The minimum Gasteiger partial charge on any atom is -0.489 e. The fourth-order valence-electron chi connectivity index (χ4n) is 3.23. The van der Waals surface area contributed by atoms with Gasteiger partial charge in [0.05, 0.1) is 11.8 Å². The lowest BCUT2D eigenvalue weighted by Crippen LogP contribution is -1.97. The molecule has 0 fully saturated rings. The van der Waals surface area contributed by atoms with E-state index in [4.69, 9.17) is 4.74 Å². The molecule has 3 aromatic rings. The van der Waals surface area contributed by atoms with E-state index in [0.29, 0.717) is 17.9 Å². The number of halogens is 1. The van der Waals surface area contributed by atoms with Crippen LogP contribution in [0, 0.1) is 5.82 Å². The minimum atomic E-state index is -0.319. The molecular formula is C27H28FNO2. The first kappa shape index (κ1) is 22.4. The van der Waals surface area contributed by atoms with Gasteiger partial charge in [-0.15, -0.1) is 0 Å². The number of nitrogens with zero attached hydrogens (tertiary/aromatic N) is 1. The van der Waals surface area contributed by atoms with Crippen LogP contribution in [-0.2, 0) is 0 Å². The van der Waals surface area contributed by atoms with Gasteiger partial charge in [-0.2, -0.15) is 0 Å². The highest BCUT2D eigenvalue weighted by atomic mass is 19.1. The molecule has 0 saturated heterocycles. The van der Waals surface area contributed by atoms with Crippen LogP contribution in [0.25, 0.3) is 28.3 Å². The van der Waals surface area contributed by atoms with Crippen LogP contribution in [0.15, 0.2) is 79.5 Å². The van der Waals surface area contributed by atoms with Gasteiger partial charge in [-0.25, -0.2) is 4.39 Å². The Morgan fingerprint density at radius 1 is 1.06 bits per heavy atom. The summed E-state index contributed by atoms with van der Waals surface area (Å²) in [5.41, 5.74) is 4.27. The fraction of sp³-hybridized carbons (Fsp3) is 0.222. The predicted molar refractivity (Wildman–Crippen MR) is 125 cm³/mol. The summed E-state index contributed by atoms with van der Waals surface area (Å²) in [5, 5.41) is 9.28. The average molecular weight is 418 g/mol. The second-order valence-corrected chi connectivity index (χ2v) is 7.47. The summed E-state index contributed by atoms with van der Waals surface area (Å²) in [6.07, 6.45) is 10.0. The first-order chi connectivity index (χ1) is 15.1. The molecule has 1 N–H and O–H groups in total. The summed E-state index contributed by atoms with van der Waals surface area (Å²) in [6, 6.07) is 16.7. The van der Waals surface area contributed by atoms with Crippen molar-refractivity contribution in [2.45, 2.75) is 32.3 Å². The van der Waals surface area contributed by atoms with Crippen LogP contribution in [-0.4, -0.2) is 22.8 Å². The second kappa shape index (κ2) is 11.2. The summed E-state index contributed by atoms with van der Waals surface area (Å²) in [6.45, 7) is 5.75. The highest BCUT2D eigenvalue weighted by Gasteiger charge is 2.08. The van der Waals surface area contributed by atoms with Gasteiger partial charge >= 0.3 is 0 Å². The van der Waals surface area contributed by atoms with Crippen molar-refractivity contribution in [3.63, 3.8) is 0 Å². The molecule has 1 heterocycles. The molecule has 0 aliphatic heterocycles. The van der Waals surface area contributed by atoms with Gasteiger partial charge in [0.15, 0.2) is 0 Å². The maximum Gasteiger partial charge on any atom is 0.134 e. The van der Waals surface area contributed by atoms with Crippen LogP contribution in [0.5, 0.6) is 5.75 Å². The van der Waals surface area contributed by atoms with E-state index in [1.54, 1.807) is 18.2 Å². The number of unbranched alkanes of at least 4 members (excludes halogenated alkanes) is 1. The van der Waals surface area contributed by atoms with E-state index in [1.807, 2.05) is 55.6 Å². The van der Waals surface area contributed by atoms with Crippen LogP contribution in [0.1, 0.15) is 31.9 Å². The second-order valence-electron chi connectivity index (χ2n) is 7.47. The number of benzene rings is 2. The van der Waals surface area contributed by atoms with Crippen molar-refractivity contribution >= 4 is 6.08 Å². The number of hydrogen-bond donors (Lipinski definition) is 1. The van der Waals surface area contributed by atoms with E-state index < -0.39 is 0 Å². The van der Waals surface area contributed by atoms with Gasteiger partial charge in [-0.1, -0.05) is 49.1 Å². The summed E-state index contributed by atoms with van der Waals surface area (Å²) in [7, 11) is 0. The van der Waals surface area contributed by atoms with Crippen LogP contribution >= 0.6 is 0 Å². The summed E-state index contributed by atoms with van der Waals surface area (Å²) in [4.78, 5) is 4.50. The Labute approximate surface area is 183 Å². The van der Waals surface area contributed by atoms with E-state index >= 15 is 0 Å². The average Bonchev–Trinajstić information content (AvgIpc) is 2.78. The zero-order chi connectivity index (χ0) is 22.1. The molecule has 1 unspecified atom stereocenters. The topological polar surface area (TPSA) is 42.4 Å². The maximum absolute atomic E-state index is 14.5. The van der Waals surface area contributed by atoms with Gasteiger partial charge in [-0.05, 0) is 61.6 Å². The van der Waals surface area contributed by atoms with Gasteiger partial charge in [0.25, 0.3) is 0 Å². The van der Waals surface area contributed by atoms with E-state index in [2.05, 4.69) is 17.6 Å². The third kappa shape index (κ3) is 6.63. The zero-order valence-electron chi connectivity index (χ0n) is 17.8. The van der Waals surface area contributed by atoms with Gasteiger partial charge in [0.2, 0.25) is 0 Å². The molecule has 0 aliphatic rings. The van der Waals surface area contributed by atoms with Crippen molar-refractivity contribution in [1.82, 2.24) is 4.98 Å². The largest absolute Gasteiger partial charge is 0.489 e. The molecule has 4 heteroatoms. The third-order valence-corrected chi connectivity index (χ3v) is 4.91. The Morgan fingerprint density at radius 3 is 2.45 bits per heavy atom. The SMILES string of the molecule is C=CCOc1ccc(-c2ccc(-c3ccc(/C=C/CCCC(C)O)nc3)cc2)c(F)c1. The van der Waals surface area contributed by atoms with Crippen LogP contribution in [0.2, 0.25) is 0 Å². The fourth-order valence-corrected chi connectivity index (χ4v) is 3.23. The van der Waals surface area contributed by atoms with Crippen molar-refractivity contribution in [3.8, 4) is 28.0 Å². The van der Waals surface area contributed by atoms with Crippen LogP contribution in [0.4, 0.5) is 4.39 Å². The zero-order valence-corrected chi connectivity index (χ0v) is 17.8. The highest BCUT2D eigenvalue weighted by molar-refractivity contribution is 5.71. The molecule has 1 aromatic heterocycles. The maximum atomic E-state index is 14.5. The molecule has 0 amide bonds. The van der Waals surface area contributed by atoms with Crippen molar-refractivity contribution in [2.75, 3.05) is 6.61 Å². The van der Waals surface area contributed by atoms with Crippen molar-refractivity contribution in [2.24, 2.45) is 0 Å². The van der Waals surface area contributed by atoms with E-state index in [1.165, 1.54) is 6.07 Å². The smallest absolute Gasteiger partial charge is 0.134 e. The van der Waals surface area contributed by atoms with Gasteiger partial charge in [-0.3, -0.25) is 4.98 Å². The van der Waals surface area contributed by atoms with E-state index in [-0.39, 0.29) is 11.9 Å². The molecule has 1 atom stereocenters. The summed E-state index contributed by atoms with van der Waals surface area (Å²) in [5.74, 6) is 0.168. The first-order valence-electron chi connectivity index (χ1n) is 10.5. The van der Waals surface area contributed by atoms with Crippen LogP contribution in [0.3, 0.4) is 0 Å². The summed E-state index contributed by atoms with van der Waals surface area (Å²) >= 11 is 0. The first-order valence-corrected chi connectivity index (χ1v) is 10.5. The van der Waals surface area contributed by atoms with Gasteiger partial charge in [0.1, 0.15) is 18.2 Å². The Kier molecular flexibility index (Phi) is 8.13. The lowest BCUT2D eigenvalue weighted by atomic mass is 10.0. The van der Waals surface area contributed by atoms with E-state index in [9.17, 15) is 9.50 Å². The molecule has 31 heavy (non-hydrogen) atoms. The lowest BCUT2D eigenvalue weighted by molar-refractivity contribution is 0.182. The number of aromatic nitrogens is 1. The molecule has 0 radical (unpaired) electrons. The molecule has 3 nitrogen and oxygen atoms in total. The predicted octanol–water partition coefficient (Wildman–Crippen LogP) is 6.68. The molecule has 3 rings (SSSR count). The summed E-state index contributed by atoms with van der Waals surface area (Å²) < 4.78 is 19.9. The van der Waals surface area contributed by atoms with Crippen molar-refractivity contribution < 1.29 is 14.2 Å². The highest BCUT2D eigenvalue weighted by Crippen LogP contribution is 2.28. The Balaban J connectivity index is 1.65. The molecule has 160 valence electrons. The third-order valence-electron chi connectivity index (χ3n) is 4.91. The quantitative estimate of drug-likeness (QED) is 0.295. The number of ether oxygens (including phenoxy) is 1. The number of allylic oxidation sites excluding steroid dienone is 1. The minimum absolute atomic E-state index is 0.246. The molecule has 0 spiro atoms. The molecule has 0 saturated carbocycles. The Bertz CT molecular complexity index is 1010. The molecule has 2 aromatic carbocycles. The van der Waals surface area contributed by atoms with Crippen molar-refractivity contribution in [3.05, 3.63) is 91.0 Å². The number of hydrogen-bond acceptors (Lipinski definition) is 3. The van der Waals surface area contributed by atoms with Gasteiger partial charge < -0.3 is 9.84 Å². The standard InChI is InChI=1S/C27H28FNO2/c1-3-17-31-25-15-16-26(27(28)18-25)22-11-9-21(10-12-22)23-13-14-24(29-19-23)8-6-4-5-7-20(2)30/h3,6,8-16,18-20,30H,1,4-5,7,17H2,2H3/b8-6+. The van der Waals surface area contributed by atoms with E-state index in [0.717, 1.165) is 41.6 Å². The number of aliphatic hydroxyl groups excluding tert-OH is 1. The number of rotatable bonds is 10. The number of pyridine rings is 1. The lowest BCUT2D eigenvalue weighted by Gasteiger charge is -2.08. The Morgan fingerprint density at radius 2 is 1.81 bits per heavy atom. The molecule has 0 bridgehead atoms. The molecule has 0 aliphatic carbocycles. The normalized spacial score (nSPS) is 12.1.